The van der Waals surface area contributed by atoms with Gasteiger partial charge < -0.3 is 24.4 Å². The molecule has 8 nitrogen and oxygen atoms in total. The lowest BCUT2D eigenvalue weighted by Crippen LogP contribution is -2.56. The van der Waals surface area contributed by atoms with Crippen LogP contribution in [0.15, 0.2) is 67.8 Å². The topological polar surface area (TPSA) is 96.4 Å². The van der Waals surface area contributed by atoms with Gasteiger partial charge in [0.2, 0.25) is 5.91 Å². The van der Waals surface area contributed by atoms with Crippen LogP contribution in [0.25, 0.3) is 10.8 Å². The molecule has 5 atom stereocenters. The van der Waals surface area contributed by atoms with Gasteiger partial charge in [0.05, 0.1) is 18.1 Å². The minimum atomic E-state index is -1.13. The number of aliphatic hydroxyl groups is 1. The van der Waals surface area contributed by atoms with Crippen LogP contribution < -0.4 is 4.90 Å². The van der Waals surface area contributed by atoms with Gasteiger partial charge in [-0.25, -0.2) is 0 Å². The normalized spacial score (nSPS) is 28.1. The summed E-state index contributed by atoms with van der Waals surface area (Å²) in [5, 5.41) is 11.3. The average Bonchev–Trinajstić information content (AvgIpc) is 3.54. The summed E-state index contributed by atoms with van der Waals surface area (Å²) in [6.45, 7) is 10.3. The molecule has 41 heavy (non-hydrogen) atoms. The van der Waals surface area contributed by atoms with E-state index in [1.54, 1.807) is 22.0 Å². The van der Waals surface area contributed by atoms with E-state index in [4.69, 9.17) is 9.47 Å². The molecule has 0 aliphatic carbocycles. The number of benzene rings is 2. The Morgan fingerprint density at radius 2 is 1.90 bits per heavy atom. The first kappa shape index (κ1) is 29.0. The molecular formula is C33H40N2O6. The standard InChI is InChI=1S/C33H40N2O6/c1-4-6-21-40-31(39)27-26-29(37)35(19-10-7-11-20-36)28(33(26)17-16-32(27,3)41-33)30(38)34(18-5-2)25-15-14-23-12-8-9-13-24(23)22-25/h4-5,8-9,12-15,22,26-28,36H,1-2,6-7,10-11,16-21H2,3H3/t26-,27+,28?,32-,33?/m0/s1. The van der Waals surface area contributed by atoms with Gasteiger partial charge in [0.1, 0.15) is 17.6 Å². The summed E-state index contributed by atoms with van der Waals surface area (Å²) in [6.07, 6.45) is 6.88. The Bertz CT molecular complexity index is 1340. The molecule has 2 bridgehead atoms. The van der Waals surface area contributed by atoms with E-state index in [2.05, 4.69) is 13.2 Å². The highest BCUT2D eigenvalue weighted by atomic mass is 16.6. The number of unbranched alkanes of at least 4 members (excludes halogenated alkanes) is 2. The summed E-state index contributed by atoms with van der Waals surface area (Å²) in [4.78, 5) is 45.6. The van der Waals surface area contributed by atoms with Crippen molar-refractivity contribution in [2.24, 2.45) is 11.8 Å². The smallest absolute Gasteiger partial charge is 0.312 e. The zero-order chi connectivity index (χ0) is 29.2. The molecule has 0 aromatic heterocycles. The lowest BCUT2D eigenvalue weighted by Gasteiger charge is -2.37. The Hall–Kier alpha value is -3.49. The maximum absolute atomic E-state index is 14.7. The molecule has 8 heteroatoms. The maximum atomic E-state index is 14.7. The first-order valence-electron chi connectivity index (χ1n) is 14.6. The van der Waals surface area contributed by atoms with Gasteiger partial charge in [-0.1, -0.05) is 42.5 Å². The number of amides is 2. The number of esters is 1. The van der Waals surface area contributed by atoms with Crippen LogP contribution in [0.4, 0.5) is 5.69 Å². The molecule has 3 heterocycles. The minimum absolute atomic E-state index is 0.0675. The van der Waals surface area contributed by atoms with Crippen molar-refractivity contribution < 1.29 is 29.0 Å². The largest absolute Gasteiger partial charge is 0.465 e. The number of anilines is 1. The summed E-state index contributed by atoms with van der Waals surface area (Å²) in [6, 6.07) is 12.9. The van der Waals surface area contributed by atoms with E-state index in [1.807, 2.05) is 49.4 Å². The van der Waals surface area contributed by atoms with Crippen molar-refractivity contribution in [3.63, 3.8) is 0 Å². The molecule has 218 valence electrons. The predicted octanol–water partition coefficient (Wildman–Crippen LogP) is 4.41. The van der Waals surface area contributed by atoms with E-state index in [1.165, 1.54) is 0 Å². The number of nitrogens with zero attached hydrogens (tertiary/aromatic N) is 2. The van der Waals surface area contributed by atoms with Gasteiger partial charge in [-0.05, 0) is 68.4 Å². The van der Waals surface area contributed by atoms with Crippen LogP contribution in [-0.2, 0) is 23.9 Å². The summed E-state index contributed by atoms with van der Waals surface area (Å²) in [7, 11) is 0. The van der Waals surface area contributed by atoms with Gasteiger partial charge in [-0.2, -0.15) is 0 Å². The van der Waals surface area contributed by atoms with Crippen LogP contribution in [0, 0.1) is 11.8 Å². The zero-order valence-corrected chi connectivity index (χ0v) is 23.8. The first-order chi connectivity index (χ1) is 19.8. The van der Waals surface area contributed by atoms with Crippen molar-refractivity contribution in [1.82, 2.24) is 4.90 Å². The number of rotatable bonds is 13. The minimum Gasteiger partial charge on any atom is -0.465 e. The number of carbonyl (C=O) groups is 3. The average molecular weight is 561 g/mol. The van der Waals surface area contributed by atoms with Gasteiger partial charge in [0.15, 0.2) is 0 Å². The van der Waals surface area contributed by atoms with E-state index in [9.17, 15) is 19.5 Å². The van der Waals surface area contributed by atoms with Crippen molar-refractivity contribution in [3.8, 4) is 0 Å². The third-order valence-electron chi connectivity index (χ3n) is 9.01. The Morgan fingerprint density at radius 1 is 1.12 bits per heavy atom. The summed E-state index contributed by atoms with van der Waals surface area (Å²) in [5.41, 5.74) is -1.31. The quantitative estimate of drug-likeness (QED) is 0.222. The molecule has 5 rings (SSSR count). The van der Waals surface area contributed by atoms with Crippen molar-refractivity contribution in [2.45, 2.75) is 62.7 Å². The Balaban J connectivity index is 1.53. The summed E-state index contributed by atoms with van der Waals surface area (Å²) >= 11 is 0. The SMILES string of the molecule is C=CCCOC(=O)[C@H]1[C@H]2C(=O)N(CCCCCO)C(C(=O)N(CC=C)c3ccc4ccccc4c3)C23CC[C@]1(C)O3. The number of hydrogen-bond donors (Lipinski definition) is 1. The lowest BCUT2D eigenvalue weighted by atomic mass is 9.66. The molecule has 1 spiro atoms. The van der Waals surface area contributed by atoms with Gasteiger partial charge >= 0.3 is 5.97 Å². The van der Waals surface area contributed by atoms with Gasteiger partial charge in [-0.3, -0.25) is 14.4 Å². The molecule has 3 aliphatic rings. The number of carbonyl (C=O) groups excluding carboxylic acids is 3. The number of fused-ring (bicyclic) bond motifs is 2. The summed E-state index contributed by atoms with van der Waals surface area (Å²) in [5.74, 6) is -2.53. The highest BCUT2D eigenvalue weighted by Gasteiger charge is 2.78. The van der Waals surface area contributed by atoms with E-state index < -0.39 is 35.0 Å². The third kappa shape index (κ3) is 4.97. The molecule has 0 radical (unpaired) electrons. The molecule has 2 aromatic carbocycles. The number of aliphatic hydroxyl groups excluding tert-OH is 1. The van der Waals surface area contributed by atoms with Gasteiger partial charge in [0, 0.05) is 25.4 Å². The fraction of sp³-hybridized carbons (Fsp3) is 0.485. The number of hydrogen-bond acceptors (Lipinski definition) is 6. The van der Waals surface area contributed by atoms with Gasteiger partial charge in [0.25, 0.3) is 5.91 Å². The molecule has 3 aliphatic heterocycles. The Kier molecular flexibility index (Phi) is 8.34. The molecule has 2 amide bonds. The molecule has 3 fully saturated rings. The van der Waals surface area contributed by atoms with Crippen LogP contribution in [0.2, 0.25) is 0 Å². The van der Waals surface area contributed by atoms with Crippen LogP contribution in [-0.4, -0.2) is 71.3 Å². The van der Waals surface area contributed by atoms with Crippen LogP contribution in [0.5, 0.6) is 0 Å². The number of likely N-dealkylation sites (tertiary alicyclic amines) is 1. The summed E-state index contributed by atoms with van der Waals surface area (Å²) < 4.78 is 12.3. The lowest BCUT2D eigenvalue weighted by molar-refractivity contribution is -0.159. The van der Waals surface area contributed by atoms with Crippen LogP contribution in [0.1, 0.15) is 45.4 Å². The second-order valence-electron chi connectivity index (χ2n) is 11.6. The van der Waals surface area contributed by atoms with E-state index in [-0.39, 0.29) is 31.6 Å². The molecule has 3 saturated heterocycles. The third-order valence-corrected chi connectivity index (χ3v) is 9.01. The fourth-order valence-corrected chi connectivity index (χ4v) is 7.15. The fourth-order valence-electron chi connectivity index (χ4n) is 7.15. The van der Waals surface area contributed by atoms with Gasteiger partial charge in [-0.15, -0.1) is 13.2 Å². The van der Waals surface area contributed by atoms with E-state index >= 15 is 0 Å². The maximum Gasteiger partial charge on any atom is 0.312 e. The number of ether oxygens (including phenoxy) is 2. The molecule has 0 saturated carbocycles. The van der Waals surface area contributed by atoms with Crippen molar-refractivity contribution in [1.29, 1.82) is 0 Å². The monoisotopic (exact) mass is 560 g/mol. The highest BCUT2D eigenvalue weighted by molar-refractivity contribution is 6.05. The van der Waals surface area contributed by atoms with Crippen molar-refractivity contribution in [3.05, 3.63) is 67.8 Å². The van der Waals surface area contributed by atoms with E-state index in [0.29, 0.717) is 50.8 Å². The van der Waals surface area contributed by atoms with Crippen LogP contribution in [0.3, 0.4) is 0 Å². The van der Waals surface area contributed by atoms with E-state index in [0.717, 1.165) is 10.8 Å². The predicted molar refractivity (Wildman–Crippen MR) is 157 cm³/mol. The Labute approximate surface area is 241 Å². The molecular weight excluding hydrogens is 520 g/mol. The Morgan fingerprint density at radius 3 is 2.63 bits per heavy atom. The van der Waals surface area contributed by atoms with Crippen LogP contribution >= 0.6 is 0 Å². The molecule has 1 N–H and O–H groups in total. The first-order valence-corrected chi connectivity index (χ1v) is 14.6. The highest BCUT2D eigenvalue weighted by Crippen LogP contribution is 2.63. The van der Waals surface area contributed by atoms with Crippen molar-refractivity contribution in [2.75, 3.05) is 31.2 Å². The second-order valence-corrected chi connectivity index (χ2v) is 11.6. The molecule has 2 aromatic rings. The zero-order valence-electron chi connectivity index (χ0n) is 23.8. The van der Waals surface area contributed by atoms with Crippen molar-refractivity contribution >= 4 is 34.2 Å². The second kappa shape index (κ2) is 11.8. The molecule has 2 unspecified atom stereocenters.